The van der Waals surface area contributed by atoms with Crippen LogP contribution in [0.5, 0.6) is 11.5 Å². The van der Waals surface area contributed by atoms with Crippen molar-refractivity contribution in [3.05, 3.63) is 21.9 Å². The Morgan fingerprint density at radius 2 is 2.31 bits per heavy atom. The van der Waals surface area contributed by atoms with E-state index in [1.165, 1.54) is 6.07 Å². The van der Waals surface area contributed by atoms with Gasteiger partial charge in [-0.3, -0.25) is 0 Å². The van der Waals surface area contributed by atoms with Gasteiger partial charge in [0.1, 0.15) is 5.82 Å². The summed E-state index contributed by atoms with van der Waals surface area (Å²) in [6.45, 7) is 0.254. The maximum absolute atomic E-state index is 13.3. The highest BCUT2D eigenvalue weighted by Crippen LogP contribution is 2.42. The molecule has 0 bridgehead atoms. The summed E-state index contributed by atoms with van der Waals surface area (Å²) in [5, 5.41) is 0. The summed E-state index contributed by atoms with van der Waals surface area (Å²) in [7, 11) is 0. The van der Waals surface area contributed by atoms with Gasteiger partial charge in [0, 0.05) is 18.2 Å². The normalized spacial score (nSPS) is 13.5. The van der Waals surface area contributed by atoms with Crippen LogP contribution in [0, 0.1) is 5.82 Å². The Hall–Kier alpha value is -0.810. The lowest BCUT2D eigenvalue weighted by atomic mass is 10.2. The zero-order valence-electron chi connectivity index (χ0n) is 6.64. The molecule has 0 aliphatic carbocycles. The molecule has 0 fully saturated rings. The van der Waals surface area contributed by atoms with Gasteiger partial charge in [0.25, 0.3) is 0 Å². The second kappa shape index (κ2) is 3.16. The van der Waals surface area contributed by atoms with Crippen molar-refractivity contribution < 1.29 is 13.9 Å². The largest absolute Gasteiger partial charge is 0.453 e. The molecule has 3 nitrogen and oxygen atoms in total. The Balaban J connectivity index is 2.62. The number of benzene rings is 1. The summed E-state index contributed by atoms with van der Waals surface area (Å²) in [6.07, 6.45) is 0. The van der Waals surface area contributed by atoms with Crippen LogP contribution >= 0.6 is 15.9 Å². The van der Waals surface area contributed by atoms with E-state index in [2.05, 4.69) is 15.9 Å². The van der Waals surface area contributed by atoms with Crippen molar-refractivity contribution in [3.8, 4) is 11.5 Å². The fourth-order valence-electron chi connectivity index (χ4n) is 1.20. The molecule has 1 aromatic rings. The molecule has 0 saturated heterocycles. The van der Waals surface area contributed by atoms with Crippen molar-refractivity contribution >= 4 is 15.9 Å². The van der Waals surface area contributed by atoms with Crippen LogP contribution in [0.15, 0.2) is 10.5 Å². The Morgan fingerprint density at radius 3 is 3.00 bits per heavy atom. The third-order valence-electron chi connectivity index (χ3n) is 1.86. The molecule has 0 radical (unpaired) electrons. The van der Waals surface area contributed by atoms with Crippen molar-refractivity contribution in [2.45, 2.75) is 6.54 Å². The third-order valence-corrected chi connectivity index (χ3v) is 2.69. The maximum atomic E-state index is 13.3. The highest BCUT2D eigenvalue weighted by Gasteiger charge is 2.22. The first kappa shape index (κ1) is 8.77. The summed E-state index contributed by atoms with van der Waals surface area (Å²) >= 11 is 3.22. The Bertz CT molecular complexity index is 353. The van der Waals surface area contributed by atoms with E-state index >= 15 is 0 Å². The lowest BCUT2D eigenvalue weighted by Crippen LogP contribution is -2.01. The van der Waals surface area contributed by atoms with Gasteiger partial charge in [-0.15, -0.1) is 0 Å². The Labute approximate surface area is 82.8 Å². The van der Waals surface area contributed by atoms with Crippen LogP contribution in [0.3, 0.4) is 0 Å². The second-order valence-electron chi connectivity index (χ2n) is 2.59. The molecule has 5 heteroatoms. The molecular weight excluding hydrogens is 241 g/mol. The molecular formula is C8H7BrFNO2. The van der Waals surface area contributed by atoms with Gasteiger partial charge < -0.3 is 15.2 Å². The van der Waals surface area contributed by atoms with Gasteiger partial charge >= 0.3 is 0 Å². The van der Waals surface area contributed by atoms with Gasteiger partial charge in [-0.1, -0.05) is 0 Å². The van der Waals surface area contributed by atoms with E-state index in [4.69, 9.17) is 15.2 Å². The summed E-state index contributed by atoms with van der Waals surface area (Å²) in [5.41, 5.74) is 5.79. The molecule has 2 rings (SSSR count). The van der Waals surface area contributed by atoms with E-state index < -0.39 is 0 Å². The molecule has 2 N–H and O–H groups in total. The fourth-order valence-corrected chi connectivity index (χ4v) is 1.86. The van der Waals surface area contributed by atoms with E-state index in [0.29, 0.717) is 21.5 Å². The van der Waals surface area contributed by atoms with Gasteiger partial charge in [-0.2, -0.15) is 0 Å². The molecule has 1 aromatic carbocycles. The molecule has 0 atom stereocenters. The van der Waals surface area contributed by atoms with Crippen LogP contribution in [0.25, 0.3) is 0 Å². The first-order chi connectivity index (χ1) is 6.24. The number of rotatable bonds is 1. The first-order valence-electron chi connectivity index (χ1n) is 3.70. The first-order valence-corrected chi connectivity index (χ1v) is 4.50. The lowest BCUT2D eigenvalue weighted by Gasteiger charge is -2.05. The van der Waals surface area contributed by atoms with Gasteiger partial charge in [0.05, 0.1) is 4.47 Å². The smallest absolute Gasteiger partial charge is 0.231 e. The zero-order chi connectivity index (χ0) is 9.42. The summed E-state index contributed by atoms with van der Waals surface area (Å²) in [5.74, 6) is 0.571. The molecule has 0 saturated carbocycles. The zero-order valence-corrected chi connectivity index (χ0v) is 8.23. The van der Waals surface area contributed by atoms with Crippen LogP contribution < -0.4 is 15.2 Å². The predicted octanol–water partition coefficient (Wildman–Crippen LogP) is 1.78. The maximum Gasteiger partial charge on any atom is 0.231 e. The number of ether oxygens (including phenoxy) is 2. The summed E-state index contributed by atoms with van der Waals surface area (Å²) < 4.78 is 24.0. The second-order valence-corrected chi connectivity index (χ2v) is 3.38. The van der Waals surface area contributed by atoms with Crippen molar-refractivity contribution in [1.29, 1.82) is 0 Å². The molecule has 1 aliphatic heterocycles. The number of hydrogen-bond acceptors (Lipinski definition) is 3. The van der Waals surface area contributed by atoms with Gasteiger partial charge in [0.15, 0.2) is 11.5 Å². The SMILES string of the molecule is NCc1c(F)cc2c(c1Br)OCO2. The standard InChI is InChI=1S/C8H7BrFNO2/c9-7-4(2-11)5(10)1-6-8(7)13-3-12-6/h1H,2-3,11H2. The average Bonchev–Trinajstić information content (AvgIpc) is 2.53. The van der Waals surface area contributed by atoms with E-state index in [0.717, 1.165) is 0 Å². The van der Waals surface area contributed by atoms with Gasteiger partial charge in [-0.05, 0) is 15.9 Å². The van der Waals surface area contributed by atoms with E-state index in [1.807, 2.05) is 0 Å². The number of halogens is 2. The van der Waals surface area contributed by atoms with Crippen LogP contribution in [0.4, 0.5) is 4.39 Å². The van der Waals surface area contributed by atoms with Gasteiger partial charge in [0.2, 0.25) is 6.79 Å². The van der Waals surface area contributed by atoms with Crippen molar-refractivity contribution in [2.24, 2.45) is 5.73 Å². The van der Waals surface area contributed by atoms with Gasteiger partial charge in [-0.25, -0.2) is 4.39 Å². The van der Waals surface area contributed by atoms with Crippen LogP contribution in [-0.4, -0.2) is 6.79 Å². The Kier molecular flexibility index (Phi) is 2.13. The van der Waals surface area contributed by atoms with Crippen LogP contribution in [0.2, 0.25) is 0 Å². The molecule has 1 aliphatic rings. The fraction of sp³-hybridized carbons (Fsp3) is 0.250. The number of fused-ring (bicyclic) bond motifs is 1. The molecule has 0 aromatic heterocycles. The summed E-state index contributed by atoms with van der Waals surface area (Å²) in [6, 6.07) is 1.29. The number of hydrogen-bond donors (Lipinski definition) is 1. The molecule has 1 heterocycles. The lowest BCUT2D eigenvalue weighted by molar-refractivity contribution is 0.173. The highest BCUT2D eigenvalue weighted by atomic mass is 79.9. The predicted molar refractivity (Wildman–Crippen MR) is 48.1 cm³/mol. The highest BCUT2D eigenvalue weighted by molar-refractivity contribution is 9.10. The average molecular weight is 248 g/mol. The third kappa shape index (κ3) is 1.28. The topological polar surface area (TPSA) is 44.5 Å². The molecule has 0 amide bonds. The van der Waals surface area contributed by atoms with Crippen molar-refractivity contribution in [1.82, 2.24) is 0 Å². The molecule has 0 unspecified atom stereocenters. The van der Waals surface area contributed by atoms with Crippen molar-refractivity contribution in [2.75, 3.05) is 6.79 Å². The Morgan fingerprint density at radius 1 is 1.54 bits per heavy atom. The van der Waals surface area contributed by atoms with Crippen LogP contribution in [-0.2, 0) is 6.54 Å². The van der Waals surface area contributed by atoms with E-state index in [-0.39, 0.29) is 19.2 Å². The summed E-state index contributed by atoms with van der Waals surface area (Å²) in [4.78, 5) is 0. The number of nitrogens with two attached hydrogens (primary N) is 1. The molecule has 0 spiro atoms. The van der Waals surface area contributed by atoms with Crippen molar-refractivity contribution in [3.63, 3.8) is 0 Å². The molecule has 70 valence electrons. The van der Waals surface area contributed by atoms with E-state index in [9.17, 15) is 4.39 Å². The minimum absolute atomic E-state index is 0.126. The minimum atomic E-state index is -0.376. The molecule has 13 heavy (non-hydrogen) atoms. The van der Waals surface area contributed by atoms with Crippen LogP contribution in [0.1, 0.15) is 5.56 Å². The monoisotopic (exact) mass is 247 g/mol. The van der Waals surface area contributed by atoms with E-state index in [1.54, 1.807) is 0 Å². The quantitative estimate of drug-likeness (QED) is 0.823. The minimum Gasteiger partial charge on any atom is -0.453 e.